The van der Waals surface area contributed by atoms with Crippen LogP contribution in [0.1, 0.15) is 20.9 Å². The Morgan fingerprint density at radius 1 is 1.33 bits per heavy atom. The predicted octanol–water partition coefficient (Wildman–Crippen LogP) is 2.13. The van der Waals surface area contributed by atoms with Gasteiger partial charge in [0.05, 0.1) is 5.56 Å². The number of carboxylic acids is 1. The quantitative estimate of drug-likeness (QED) is 0.944. The summed E-state index contributed by atoms with van der Waals surface area (Å²) in [6, 6.07) is 5.55. The maximum Gasteiger partial charge on any atom is 0.323 e. The number of thiazole rings is 1. The van der Waals surface area contributed by atoms with E-state index >= 15 is 0 Å². The van der Waals surface area contributed by atoms with E-state index in [9.17, 15) is 14.0 Å². The van der Waals surface area contributed by atoms with Gasteiger partial charge in [-0.3, -0.25) is 9.59 Å². The summed E-state index contributed by atoms with van der Waals surface area (Å²) in [7, 11) is 0. The summed E-state index contributed by atoms with van der Waals surface area (Å²) < 4.78 is 15.0. The van der Waals surface area contributed by atoms with Gasteiger partial charge in [0.1, 0.15) is 12.4 Å². The summed E-state index contributed by atoms with van der Waals surface area (Å²) in [5.41, 5.74) is 0.588. The Morgan fingerprint density at radius 3 is 2.62 bits per heavy atom. The molecule has 1 aromatic carbocycles. The molecular weight excluding hydrogens is 295 g/mol. The molecule has 110 valence electrons. The summed E-state index contributed by atoms with van der Waals surface area (Å²) in [6.07, 6.45) is 0. The lowest BCUT2D eigenvalue weighted by Crippen LogP contribution is -2.22. The van der Waals surface area contributed by atoms with Crippen LogP contribution < -0.4 is 4.80 Å². The minimum atomic E-state index is -1.03. The van der Waals surface area contributed by atoms with Gasteiger partial charge in [-0.05, 0) is 26.0 Å². The highest BCUT2D eigenvalue weighted by molar-refractivity contribution is 7.09. The summed E-state index contributed by atoms with van der Waals surface area (Å²) in [4.78, 5) is 27.9. The zero-order valence-electron chi connectivity index (χ0n) is 11.5. The van der Waals surface area contributed by atoms with E-state index in [1.54, 1.807) is 13.0 Å². The summed E-state index contributed by atoms with van der Waals surface area (Å²) in [5.74, 6) is -2.41. The second kappa shape index (κ2) is 6.01. The first kappa shape index (κ1) is 15.1. The smallest absolute Gasteiger partial charge is 0.323 e. The van der Waals surface area contributed by atoms with E-state index in [1.807, 2.05) is 6.92 Å². The Hall–Kier alpha value is -2.28. The third-order valence-corrected chi connectivity index (χ3v) is 4.08. The summed E-state index contributed by atoms with van der Waals surface area (Å²) >= 11 is 1.20. The van der Waals surface area contributed by atoms with Crippen LogP contribution in [0.5, 0.6) is 0 Å². The number of halogens is 1. The van der Waals surface area contributed by atoms with Crippen molar-refractivity contribution in [3.05, 3.63) is 51.0 Å². The van der Waals surface area contributed by atoms with Gasteiger partial charge in [0.25, 0.3) is 5.91 Å². The van der Waals surface area contributed by atoms with E-state index in [0.717, 1.165) is 10.6 Å². The Bertz CT molecular complexity index is 777. The average Bonchev–Trinajstić information content (AvgIpc) is 2.66. The van der Waals surface area contributed by atoms with Gasteiger partial charge in [0.15, 0.2) is 4.80 Å². The van der Waals surface area contributed by atoms with Crippen molar-refractivity contribution in [1.29, 1.82) is 0 Å². The van der Waals surface area contributed by atoms with Crippen molar-refractivity contribution >= 4 is 23.2 Å². The fourth-order valence-electron chi connectivity index (χ4n) is 1.79. The van der Waals surface area contributed by atoms with Crippen molar-refractivity contribution in [2.75, 3.05) is 0 Å². The van der Waals surface area contributed by atoms with E-state index in [1.165, 1.54) is 34.1 Å². The highest BCUT2D eigenvalue weighted by atomic mass is 32.1. The Labute approximate surface area is 124 Å². The van der Waals surface area contributed by atoms with Crippen molar-refractivity contribution in [2.24, 2.45) is 4.99 Å². The van der Waals surface area contributed by atoms with Gasteiger partial charge >= 0.3 is 5.97 Å². The van der Waals surface area contributed by atoms with E-state index in [4.69, 9.17) is 5.11 Å². The Balaban J connectivity index is 2.51. The van der Waals surface area contributed by atoms with E-state index in [2.05, 4.69) is 4.99 Å². The standard InChI is InChI=1S/C14H13FN2O3S/c1-8-9(2)21-14(17(8)7-12(18)19)16-13(20)10-5-3-4-6-11(10)15/h3-6H,7H2,1-2H3,(H,18,19). The molecule has 0 bridgehead atoms. The first-order chi connectivity index (χ1) is 9.90. The number of carboxylic acid groups (broad SMARTS) is 1. The van der Waals surface area contributed by atoms with E-state index in [0.29, 0.717) is 0 Å². The molecule has 0 aliphatic heterocycles. The Morgan fingerprint density at radius 2 is 2.00 bits per heavy atom. The number of hydrogen-bond acceptors (Lipinski definition) is 3. The van der Waals surface area contributed by atoms with Gasteiger partial charge in [-0.25, -0.2) is 4.39 Å². The fourth-order valence-corrected chi connectivity index (χ4v) is 2.76. The molecule has 7 heteroatoms. The number of nitrogens with zero attached hydrogens (tertiary/aromatic N) is 2. The average molecular weight is 308 g/mol. The highest BCUT2D eigenvalue weighted by Crippen LogP contribution is 2.11. The molecule has 1 aromatic heterocycles. The van der Waals surface area contributed by atoms with Crippen molar-refractivity contribution in [3.63, 3.8) is 0 Å². The van der Waals surface area contributed by atoms with Crippen LogP contribution >= 0.6 is 11.3 Å². The molecule has 1 amide bonds. The molecule has 0 radical (unpaired) electrons. The van der Waals surface area contributed by atoms with Crippen molar-refractivity contribution in [1.82, 2.24) is 4.57 Å². The minimum absolute atomic E-state index is 0.136. The molecule has 0 saturated carbocycles. The van der Waals surface area contributed by atoms with Crippen LogP contribution in [0.4, 0.5) is 4.39 Å². The highest BCUT2D eigenvalue weighted by Gasteiger charge is 2.13. The maximum atomic E-state index is 13.6. The lowest BCUT2D eigenvalue weighted by Gasteiger charge is -2.02. The lowest BCUT2D eigenvalue weighted by atomic mass is 10.2. The molecular formula is C14H13FN2O3S. The van der Waals surface area contributed by atoms with Crippen LogP contribution in [-0.2, 0) is 11.3 Å². The molecule has 0 spiro atoms. The SMILES string of the molecule is Cc1sc(=NC(=O)c2ccccc2F)n(CC(=O)O)c1C. The van der Waals surface area contributed by atoms with Crippen LogP contribution in [0.2, 0.25) is 0 Å². The number of aryl methyl sites for hydroxylation is 1. The van der Waals surface area contributed by atoms with Crippen LogP contribution in [0.15, 0.2) is 29.3 Å². The van der Waals surface area contributed by atoms with Gasteiger partial charge < -0.3 is 9.67 Å². The van der Waals surface area contributed by atoms with Crippen LogP contribution in [0, 0.1) is 19.7 Å². The normalized spacial score (nSPS) is 11.7. The van der Waals surface area contributed by atoms with Gasteiger partial charge in [-0.15, -0.1) is 11.3 Å². The lowest BCUT2D eigenvalue weighted by molar-refractivity contribution is -0.137. The zero-order chi connectivity index (χ0) is 15.6. The predicted molar refractivity (Wildman–Crippen MR) is 75.7 cm³/mol. The molecule has 21 heavy (non-hydrogen) atoms. The number of amides is 1. The summed E-state index contributed by atoms with van der Waals surface area (Å²) in [6.45, 7) is 3.27. The van der Waals surface area contributed by atoms with Gasteiger partial charge in [-0.2, -0.15) is 4.99 Å². The minimum Gasteiger partial charge on any atom is -0.480 e. The van der Waals surface area contributed by atoms with Gasteiger partial charge in [0, 0.05) is 10.6 Å². The van der Waals surface area contributed by atoms with Crippen LogP contribution in [0.25, 0.3) is 0 Å². The molecule has 1 N–H and O–H groups in total. The molecule has 5 nitrogen and oxygen atoms in total. The maximum absolute atomic E-state index is 13.6. The molecule has 1 heterocycles. The molecule has 0 aliphatic carbocycles. The third kappa shape index (κ3) is 3.25. The second-order valence-corrected chi connectivity index (χ2v) is 5.58. The van der Waals surface area contributed by atoms with Crippen LogP contribution in [-0.4, -0.2) is 21.6 Å². The van der Waals surface area contributed by atoms with E-state index < -0.39 is 17.7 Å². The van der Waals surface area contributed by atoms with Crippen molar-refractivity contribution in [3.8, 4) is 0 Å². The molecule has 2 aromatic rings. The molecule has 0 saturated heterocycles. The summed E-state index contributed by atoms with van der Waals surface area (Å²) in [5, 5.41) is 8.92. The first-order valence-corrected chi connectivity index (χ1v) is 6.94. The van der Waals surface area contributed by atoms with Gasteiger partial charge in [0.2, 0.25) is 0 Å². The number of benzene rings is 1. The van der Waals surface area contributed by atoms with Crippen molar-refractivity contribution < 1.29 is 19.1 Å². The number of carbonyl (C=O) groups is 2. The Kier molecular flexibility index (Phi) is 4.32. The number of hydrogen-bond donors (Lipinski definition) is 1. The molecule has 0 fully saturated rings. The zero-order valence-corrected chi connectivity index (χ0v) is 12.3. The largest absolute Gasteiger partial charge is 0.480 e. The third-order valence-electron chi connectivity index (χ3n) is 2.98. The second-order valence-electron chi connectivity index (χ2n) is 4.40. The topological polar surface area (TPSA) is 71.7 Å². The monoisotopic (exact) mass is 308 g/mol. The van der Waals surface area contributed by atoms with Crippen LogP contribution in [0.3, 0.4) is 0 Å². The number of carbonyl (C=O) groups excluding carboxylic acids is 1. The molecule has 0 atom stereocenters. The number of rotatable bonds is 3. The fraction of sp³-hybridized carbons (Fsp3) is 0.214. The first-order valence-electron chi connectivity index (χ1n) is 6.12. The number of aromatic nitrogens is 1. The van der Waals surface area contributed by atoms with E-state index in [-0.39, 0.29) is 16.9 Å². The van der Waals surface area contributed by atoms with Gasteiger partial charge in [-0.1, -0.05) is 12.1 Å². The number of aliphatic carboxylic acids is 1. The molecule has 0 unspecified atom stereocenters. The molecule has 0 aliphatic rings. The van der Waals surface area contributed by atoms with Crippen molar-refractivity contribution in [2.45, 2.75) is 20.4 Å². The molecule has 2 rings (SSSR count).